The number of hydrogen-bond acceptors (Lipinski definition) is 10. The van der Waals surface area contributed by atoms with E-state index < -0.39 is 69.8 Å². The van der Waals surface area contributed by atoms with Crippen molar-refractivity contribution < 1.29 is 48.3 Å². The molecule has 0 amide bonds. The van der Waals surface area contributed by atoms with Gasteiger partial charge in [-0.2, -0.15) is 0 Å². The van der Waals surface area contributed by atoms with Crippen molar-refractivity contribution in [1.82, 2.24) is 0 Å². The molecule has 1 spiro atoms. The highest BCUT2D eigenvalue weighted by Gasteiger charge is 2.86. The zero-order valence-corrected chi connectivity index (χ0v) is 20.8. The molecule has 2 heterocycles. The van der Waals surface area contributed by atoms with E-state index in [0.717, 1.165) is 0 Å². The first-order valence-electron chi connectivity index (χ1n) is 11.9. The molecule has 0 aromatic carbocycles. The summed E-state index contributed by atoms with van der Waals surface area (Å²) >= 11 is 0. The Balaban J connectivity index is 1.76. The molecule has 0 aromatic rings. The Labute approximate surface area is 207 Å². The Hall–Kier alpha value is -2.98. The number of Topliss-reactive ketones (excluding diaryl/α,β-unsaturated/α-hetero) is 1. The summed E-state index contributed by atoms with van der Waals surface area (Å²) < 4.78 is 22.9. The average Bonchev–Trinajstić information content (AvgIpc) is 3.07. The van der Waals surface area contributed by atoms with Crippen LogP contribution in [0.1, 0.15) is 40.5 Å². The molecule has 2 aliphatic heterocycles. The zero-order valence-electron chi connectivity index (χ0n) is 20.8. The van der Waals surface area contributed by atoms with Gasteiger partial charge >= 0.3 is 17.9 Å². The summed E-state index contributed by atoms with van der Waals surface area (Å²) in [5, 5.41) is 22.2. The molecule has 0 unspecified atom stereocenters. The third kappa shape index (κ3) is 2.63. The van der Waals surface area contributed by atoms with Crippen molar-refractivity contribution in [2.45, 2.75) is 63.9 Å². The molecule has 194 valence electrons. The van der Waals surface area contributed by atoms with Gasteiger partial charge < -0.3 is 29.2 Å². The standard InChI is InChI=1S/C26H30O10/c1-12(2)8-17(29)35-19-20-24-11-34-25(20,22(32)33-5)6-7-26(24,36-21(19)31)23(4)10-15(27)18(30)13(3)14(23)9-16(24)28/h6-8,14,16,19-20,28,30H,9-11H2,1-5H3/t14-,16+,19+,20+,23-,24-,25+,26-/m0/s1. The van der Waals surface area contributed by atoms with Crippen molar-refractivity contribution in [1.29, 1.82) is 0 Å². The van der Waals surface area contributed by atoms with Crippen molar-refractivity contribution in [2.24, 2.45) is 22.7 Å². The van der Waals surface area contributed by atoms with Gasteiger partial charge in [0, 0.05) is 17.9 Å². The highest BCUT2D eigenvalue weighted by Crippen LogP contribution is 2.73. The number of methoxy groups -OCH3 is 1. The molecule has 0 radical (unpaired) electrons. The van der Waals surface area contributed by atoms with E-state index in [4.69, 9.17) is 18.9 Å². The van der Waals surface area contributed by atoms with Gasteiger partial charge in [0.1, 0.15) is 5.60 Å². The fourth-order valence-electron chi connectivity index (χ4n) is 7.64. The molecule has 8 atom stereocenters. The lowest BCUT2D eigenvalue weighted by molar-refractivity contribution is -0.293. The molecule has 10 nitrogen and oxygen atoms in total. The molecule has 0 aromatic heterocycles. The summed E-state index contributed by atoms with van der Waals surface area (Å²) in [6.07, 6.45) is 1.37. The number of aliphatic hydroxyl groups is 2. The molecule has 5 aliphatic rings. The van der Waals surface area contributed by atoms with Gasteiger partial charge in [0.25, 0.3) is 0 Å². The van der Waals surface area contributed by atoms with E-state index in [-0.39, 0.29) is 25.2 Å². The Morgan fingerprint density at radius 1 is 1.22 bits per heavy atom. The average molecular weight is 503 g/mol. The lowest BCUT2D eigenvalue weighted by Crippen LogP contribution is -2.80. The van der Waals surface area contributed by atoms with E-state index in [1.807, 2.05) is 0 Å². The molecule has 2 saturated heterocycles. The van der Waals surface area contributed by atoms with E-state index in [1.165, 1.54) is 25.3 Å². The quantitative estimate of drug-likeness (QED) is 0.252. The summed E-state index contributed by atoms with van der Waals surface area (Å²) in [6.45, 7) is 6.57. The Kier molecular flexibility index (Phi) is 5.16. The number of carbonyl (C=O) groups excluding carboxylic acids is 4. The molecular weight excluding hydrogens is 472 g/mol. The van der Waals surface area contributed by atoms with Crippen molar-refractivity contribution in [3.05, 3.63) is 35.1 Å². The van der Waals surface area contributed by atoms with Gasteiger partial charge in [-0.25, -0.2) is 14.4 Å². The molecule has 1 saturated carbocycles. The van der Waals surface area contributed by atoms with Crippen molar-refractivity contribution in [3.63, 3.8) is 0 Å². The molecule has 3 fully saturated rings. The molecule has 4 bridgehead atoms. The van der Waals surface area contributed by atoms with Gasteiger partial charge in [-0.1, -0.05) is 12.5 Å². The third-order valence-electron chi connectivity index (χ3n) is 9.13. The van der Waals surface area contributed by atoms with Crippen LogP contribution < -0.4 is 0 Å². The molecule has 10 heteroatoms. The fourth-order valence-corrected chi connectivity index (χ4v) is 7.64. The third-order valence-corrected chi connectivity index (χ3v) is 9.13. The largest absolute Gasteiger partial charge is 0.504 e. The Morgan fingerprint density at radius 3 is 2.56 bits per heavy atom. The van der Waals surface area contributed by atoms with Crippen molar-refractivity contribution in [2.75, 3.05) is 13.7 Å². The van der Waals surface area contributed by atoms with Crippen molar-refractivity contribution >= 4 is 23.7 Å². The van der Waals surface area contributed by atoms with Crippen LogP contribution in [0.4, 0.5) is 0 Å². The van der Waals surface area contributed by atoms with Crippen LogP contribution in [-0.2, 0) is 38.1 Å². The number of carbonyl (C=O) groups is 4. The number of ketones is 1. The number of aliphatic hydroxyl groups excluding tert-OH is 2. The monoisotopic (exact) mass is 502 g/mol. The van der Waals surface area contributed by atoms with E-state index in [1.54, 1.807) is 27.7 Å². The lowest BCUT2D eigenvalue weighted by Gasteiger charge is -2.69. The summed E-state index contributed by atoms with van der Waals surface area (Å²) in [6, 6.07) is 0. The second kappa shape index (κ2) is 7.52. The van der Waals surface area contributed by atoms with Crippen LogP contribution in [0, 0.1) is 22.7 Å². The normalized spacial score (nSPS) is 44.3. The Morgan fingerprint density at radius 2 is 1.92 bits per heavy atom. The summed E-state index contributed by atoms with van der Waals surface area (Å²) in [5.74, 6) is -5.07. The fraction of sp³-hybridized carbons (Fsp3) is 0.615. The van der Waals surface area contributed by atoms with Gasteiger partial charge in [0.05, 0.1) is 31.2 Å². The lowest BCUT2D eigenvalue weighted by atomic mass is 9.38. The summed E-state index contributed by atoms with van der Waals surface area (Å²) in [7, 11) is 1.18. The minimum Gasteiger partial charge on any atom is -0.504 e. The summed E-state index contributed by atoms with van der Waals surface area (Å²) in [5.41, 5.74) is -4.89. The second-order valence-electron chi connectivity index (χ2n) is 11.0. The van der Waals surface area contributed by atoms with Crippen LogP contribution in [0.2, 0.25) is 0 Å². The first-order valence-corrected chi connectivity index (χ1v) is 11.9. The first kappa shape index (κ1) is 24.7. The first-order chi connectivity index (χ1) is 16.8. The summed E-state index contributed by atoms with van der Waals surface area (Å²) in [4.78, 5) is 52.3. The molecule has 2 N–H and O–H groups in total. The smallest absolute Gasteiger partial charge is 0.348 e. The van der Waals surface area contributed by atoms with Gasteiger partial charge in [0.15, 0.2) is 17.1 Å². The topological polar surface area (TPSA) is 146 Å². The van der Waals surface area contributed by atoms with Gasteiger partial charge in [0.2, 0.25) is 6.10 Å². The van der Waals surface area contributed by atoms with E-state index in [0.29, 0.717) is 11.1 Å². The SMILES string of the molecule is COC(=O)[C@@]12C=C[C@@]34OC(=O)[C@H](OC(=O)C=C(C)C)[C@@H]1[C@]3(CO2)[C@H](O)C[C@H]1C(C)=C(O)C(=O)C[C@@]14C. The minimum atomic E-state index is -1.82. The molecule has 3 aliphatic carbocycles. The number of fused-ring (bicyclic) bond motifs is 1. The van der Waals surface area contributed by atoms with E-state index in [2.05, 4.69) is 0 Å². The maximum Gasteiger partial charge on any atom is 0.348 e. The van der Waals surface area contributed by atoms with Gasteiger partial charge in [-0.05, 0) is 50.8 Å². The predicted octanol–water partition coefficient (Wildman–Crippen LogP) is 1.47. The molecule has 5 rings (SSSR count). The van der Waals surface area contributed by atoms with Crippen LogP contribution in [-0.4, -0.2) is 71.0 Å². The number of allylic oxidation sites excluding steroid dienone is 3. The number of rotatable bonds is 3. The van der Waals surface area contributed by atoms with Crippen LogP contribution in [0.15, 0.2) is 35.1 Å². The highest BCUT2D eigenvalue weighted by molar-refractivity contribution is 5.96. The second-order valence-corrected chi connectivity index (χ2v) is 11.0. The van der Waals surface area contributed by atoms with E-state index >= 15 is 0 Å². The van der Waals surface area contributed by atoms with Crippen LogP contribution in [0.25, 0.3) is 0 Å². The number of ether oxygens (including phenoxy) is 4. The highest BCUT2D eigenvalue weighted by atomic mass is 16.6. The van der Waals surface area contributed by atoms with E-state index in [9.17, 15) is 29.4 Å². The molecule has 36 heavy (non-hydrogen) atoms. The van der Waals surface area contributed by atoms with Gasteiger partial charge in [-0.3, -0.25) is 4.79 Å². The van der Waals surface area contributed by atoms with Crippen LogP contribution in [0.5, 0.6) is 0 Å². The maximum absolute atomic E-state index is 13.6. The zero-order chi connectivity index (χ0) is 26.4. The number of hydrogen-bond donors (Lipinski definition) is 2. The predicted molar refractivity (Wildman–Crippen MR) is 121 cm³/mol. The molecular formula is C26H30O10. The van der Waals surface area contributed by atoms with Crippen molar-refractivity contribution in [3.8, 4) is 0 Å². The van der Waals surface area contributed by atoms with Gasteiger partial charge in [-0.15, -0.1) is 0 Å². The Bertz CT molecular complexity index is 1180. The van der Waals surface area contributed by atoms with Crippen LogP contribution in [0.3, 0.4) is 0 Å². The number of esters is 3. The minimum absolute atomic E-state index is 0.110. The maximum atomic E-state index is 13.6. The van der Waals surface area contributed by atoms with Crippen LogP contribution >= 0.6 is 0 Å².